The third-order valence-corrected chi connectivity index (χ3v) is 2.57. The first-order valence-corrected chi connectivity index (χ1v) is 5.87. The predicted octanol–water partition coefficient (Wildman–Crippen LogP) is 3.13. The normalized spacial score (nSPS) is 10.3. The van der Waals surface area contributed by atoms with Crippen molar-refractivity contribution in [3.05, 3.63) is 33.6 Å². The van der Waals surface area contributed by atoms with Gasteiger partial charge in [0.15, 0.2) is 11.6 Å². The molecule has 0 bridgehead atoms. The highest BCUT2D eigenvalue weighted by atomic mass is 32.1. The lowest BCUT2D eigenvalue weighted by Gasteiger charge is -2.07. The van der Waals surface area contributed by atoms with Gasteiger partial charge in [-0.1, -0.05) is 0 Å². The molecule has 0 aliphatic heterocycles. The second-order valence-electron chi connectivity index (χ2n) is 3.61. The first-order chi connectivity index (χ1) is 8.06. The van der Waals surface area contributed by atoms with Gasteiger partial charge in [-0.25, -0.2) is 4.39 Å². The molecule has 0 unspecified atom stereocenters. The molecule has 0 saturated heterocycles. The van der Waals surface area contributed by atoms with Crippen LogP contribution in [0.25, 0.3) is 0 Å². The summed E-state index contributed by atoms with van der Waals surface area (Å²) in [6, 6.07) is 2.25. The van der Waals surface area contributed by atoms with Crippen LogP contribution in [0.1, 0.15) is 18.4 Å². The number of hydrogen-bond acceptors (Lipinski definition) is 4. The Morgan fingerprint density at radius 1 is 1.47 bits per heavy atom. The summed E-state index contributed by atoms with van der Waals surface area (Å²) in [7, 11) is 0. The molecule has 94 valence electrons. The average molecular weight is 259 g/mol. The van der Waals surface area contributed by atoms with E-state index in [0.29, 0.717) is 12.2 Å². The van der Waals surface area contributed by atoms with Crippen LogP contribution in [0.15, 0.2) is 12.1 Å². The van der Waals surface area contributed by atoms with Crippen LogP contribution < -0.4 is 4.74 Å². The summed E-state index contributed by atoms with van der Waals surface area (Å²) in [5, 5.41) is 10.6. The zero-order valence-electron chi connectivity index (χ0n) is 9.48. The SMILES string of the molecule is Cc1cc(OCCCCS)c(F)cc1[N+](=O)[O-]. The predicted molar refractivity (Wildman–Crippen MR) is 66.4 cm³/mol. The number of nitrogens with zero attached hydrogens (tertiary/aromatic N) is 1. The first kappa shape index (κ1) is 13.8. The highest BCUT2D eigenvalue weighted by molar-refractivity contribution is 7.80. The molecule has 4 nitrogen and oxygen atoms in total. The van der Waals surface area contributed by atoms with Crippen LogP contribution in [0.4, 0.5) is 10.1 Å². The summed E-state index contributed by atoms with van der Waals surface area (Å²) in [5.74, 6) is 0.117. The number of benzene rings is 1. The number of nitro benzene ring substituents is 1. The van der Waals surface area contributed by atoms with Crippen molar-refractivity contribution in [2.24, 2.45) is 0 Å². The molecule has 0 amide bonds. The van der Waals surface area contributed by atoms with Crippen LogP contribution in [0.2, 0.25) is 0 Å². The molecule has 1 rings (SSSR count). The summed E-state index contributed by atoms with van der Waals surface area (Å²) in [5.41, 5.74) is 0.158. The molecule has 1 aromatic carbocycles. The van der Waals surface area contributed by atoms with Gasteiger partial charge in [0.2, 0.25) is 0 Å². The highest BCUT2D eigenvalue weighted by Crippen LogP contribution is 2.27. The van der Waals surface area contributed by atoms with Crippen molar-refractivity contribution in [1.29, 1.82) is 0 Å². The van der Waals surface area contributed by atoms with E-state index in [1.807, 2.05) is 0 Å². The van der Waals surface area contributed by atoms with Gasteiger partial charge in [0, 0.05) is 5.56 Å². The van der Waals surface area contributed by atoms with E-state index < -0.39 is 10.7 Å². The Balaban J connectivity index is 2.74. The monoisotopic (exact) mass is 259 g/mol. The summed E-state index contributed by atoms with van der Waals surface area (Å²) in [6.45, 7) is 1.94. The van der Waals surface area contributed by atoms with Crippen molar-refractivity contribution in [2.45, 2.75) is 19.8 Å². The van der Waals surface area contributed by atoms with Crippen LogP contribution in [-0.4, -0.2) is 17.3 Å². The summed E-state index contributed by atoms with van der Waals surface area (Å²) < 4.78 is 18.7. The van der Waals surface area contributed by atoms with E-state index in [-0.39, 0.29) is 11.4 Å². The Morgan fingerprint density at radius 2 is 2.18 bits per heavy atom. The van der Waals surface area contributed by atoms with E-state index in [1.54, 1.807) is 6.92 Å². The van der Waals surface area contributed by atoms with Gasteiger partial charge in [-0.15, -0.1) is 0 Å². The van der Waals surface area contributed by atoms with Crippen molar-refractivity contribution in [3.63, 3.8) is 0 Å². The van der Waals surface area contributed by atoms with Crippen LogP contribution >= 0.6 is 12.6 Å². The second-order valence-corrected chi connectivity index (χ2v) is 4.05. The van der Waals surface area contributed by atoms with Crippen molar-refractivity contribution >= 4 is 18.3 Å². The fourth-order valence-corrected chi connectivity index (χ4v) is 1.57. The maximum Gasteiger partial charge on any atom is 0.275 e. The molecule has 0 atom stereocenters. The largest absolute Gasteiger partial charge is 0.491 e. The Morgan fingerprint density at radius 3 is 2.76 bits per heavy atom. The zero-order chi connectivity index (χ0) is 12.8. The molecule has 1 aromatic rings. The maximum absolute atomic E-state index is 13.5. The quantitative estimate of drug-likeness (QED) is 0.369. The van der Waals surface area contributed by atoms with E-state index >= 15 is 0 Å². The molecule has 0 saturated carbocycles. The second kappa shape index (κ2) is 6.44. The number of hydrogen-bond donors (Lipinski definition) is 1. The van der Waals surface area contributed by atoms with Gasteiger partial charge in [-0.05, 0) is 31.6 Å². The van der Waals surface area contributed by atoms with Gasteiger partial charge in [0.25, 0.3) is 5.69 Å². The topological polar surface area (TPSA) is 52.4 Å². The summed E-state index contributed by atoms with van der Waals surface area (Å²) in [4.78, 5) is 9.97. The molecular weight excluding hydrogens is 245 g/mol. The van der Waals surface area contributed by atoms with E-state index in [1.165, 1.54) is 6.07 Å². The van der Waals surface area contributed by atoms with Gasteiger partial charge in [-0.2, -0.15) is 12.6 Å². The van der Waals surface area contributed by atoms with E-state index in [0.717, 1.165) is 24.7 Å². The molecule has 17 heavy (non-hydrogen) atoms. The average Bonchev–Trinajstić information content (AvgIpc) is 2.28. The van der Waals surface area contributed by atoms with Crippen LogP contribution in [0, 0.1) is 22.9 Å². The number of rotatable bonds is 6. The van der Waals surface area contributed by atoms with Crippen molar-refractivity contribution in [1.82, 2.24) is 0 Å². The van der Waals surface area contributed by atoms with Crippen molar-refractivity contribution in [2.75, 3.05) is 12.4 Å². The smallest absolute Gasteiger partial charge is 0.275 e. The number of thiol groups is 1. The van der Waals surface area contributed by atoms with E-state index in [2.05, 4.69) is 12.6 Å². The summed E-state index contributed by atoms with van der Waals surface area (Å²) in [6.07, 6.45) is 1.66. The third-order valence-electron chi connectivity index (χ3n) is 2.26. The van der Waals surface area contributed by atoms with Gasteiger partial charge in [-0.3, -0.25) is 10.1 Å². The standard InChI is InChI=1S/C11H14FNO3S/c1-8-6-11(16-4-2-3-5-17)9(12)7-10(8)13(14)15/h6-7,17H,2-5H2,1H3. The molecule has 0 fully saturated rings. The third kappa shape index (κ3) is 3.89. The number of ether oxygens (including phenoxy) is 1. The molecule has 0 heterocycles. The molecule has 6 heteroatoms. The highest BCUT2D eigenvalue weighted by Gasteiger charge is 2.15. The van der Waals surface area contributed by atoms with Gasteiger partial charge in [0.1, 0.15) is 0 Å². The van der Waals surface area contributed by atoms with E-state index in [4.69, 9.17) is 4.74 Å². The molecule has 0 radical (unpaired) electrons. The fourth-order valence-electron chi connectivity index (χ4n) is 1.35. The maximum atomic E-state index is 13.5. The Kier molecular flexibility index (Phi) is 5.21. The zero-order valence-corrected chi connectivity index (χ0v) is 10.4. The lowest BCUT2D eigenvalue weighted by atomic mass is 10.2. The van der Waals surface area contributed by atoms with Crippen molar-refractivity contribution in [3.8, 4) is 5.75 Å². The molecule has 0 spiro atoms. The van der Waals surface area contributed by atoms with Gasteiger partial charge < -0.3 is 4.74 Å². The number of aryl methyl sites for hydroxylation is 1. The van der Waals surface area contributed by atoms with Gasteiger partial charge >= 0.3 is 0 Å². The molecule has 0 N–H and O–H groups in total. The van der Waals surface area contributed by atoms with Gasteiger partial charge in [0.05, 0.1) is 17.6 Å². The lowest BCUT2D eigenvalue weighted by Crippen LogP contribution is -2.01. The van der Waals surface area contributed by atoms with E-state index in [9.17, 15) is 14.5 Å². The van der Waals surface area contributed by atoms with Crippen LogP contribution in [0.5, 0.6) is 5.75 Å². The van der Waals surface area contributed by atoms with Crippen LogP contribution in [-0.2, 0) is 0 Å². The number of nitro groups is 1. The number of halogens is 1. The molecule has 0 aromatic heterocycles. The summed E-state index contributed by atoms with van der Waals surface area (Å²) >= 11 is 4.05. The minimum atomic E-state index is -0.701. The minimum Gasteiger partial charge on any atom is -0.491 e. The fraction of sp³-hybridized carbons (Fsp3) is 0.455. The Hall–Kier alpha value is -1.30. The van der Waals surface area contributed by atoms with Crippen molar-refractivity contribution < 1.29 is 14.1 Å². The molecule has 0 aliphatic carbocycles. The van der Waals surface area contributed by atoms with Crippen LogP contribution in [0.3, 0.4) is 0 Å². The molecule has 0 aliphatic rings. The first-order valence-electron chi connectivity index (χ1n) is 5.24. The minimum absolute atomic E-state index is 0.0623. The Bertz CT molecular complexity index is 412. The lowest BCUT2D eigenvalue weighted by molar-refractivity contribution is -0.385. The molecular formula is C11H14FNO3S. The Labute approximate surface area is 104 Å². The number of unbranched alkanes of at least 4 members (excludes halogenated alkanes) is 1.